The number of aryl methyl sites for hydroxylation is 2. The van der Waals surface area contributed by atoms with Crippen LogP contribution < -0.4 is 4.90 Å². The summed E-state index contributed by atoms with van der Waals surface area (Å²) in [5.41, 5.74) is 1.33. The monoisotopic (exact) mass is 251 g/mol. The quantitative estimate of drug-likeness (QED) is 0.765. The van der Waals surface area contributed by atoms with E-state index in [1.165, 1.54) is 0 Å². The molecule has 0 N–H and O–H groups in total. The number of piperidine rings is 1. The molecule has 1 saturated heterocycles. The molecule has 0 amide bonds. The molecule has 2 rings (SSSR count). The minimum absolute atomic E-state index is 0.142. The molecule has 0 saturated carbocycles. The second kappa shape index (κ2) is 4.72. The van der Waals surface area contributed by atoms with E-state index in [0.717, 1.165) is 43.7 Å². The molecule has 0 spiro atoms. The largest absolute Gasteiger partial charge is 0.377 e. The average Bonchev–Trinajstić information content (AvgIpc) is 2.63. The summed E-state index contributed by atoms with van der Waals surface area (Å²) in [5.74, 6) is 0.908. The first-order valence-electron chi connectivity index (χ1n) is 6.29. The van der Waals surface area contributed by atoms with E-state index < -0.39 is 0 Å². The predicted molar refractivity (Wildman–Crippen MR) is 70.2 cm³/mol. The van der Waals surface area contributed by atoms with Gasteiger partial charge in [-0.05, 0) is 26.7 Å². The lowest BCUT2D eigenvalue weighted by atomic mass is 9.94. The normalized spacial score (nSPS) is 24.3. The summed E-state index contributed by atoms with van der Waals surface area (Å²) >= 11 is 0. The number of hydrogen-bond acceptors (Lipinski definition) is 4. The van der Waals surface area contributed by atoms with Crippen molar-refractivity contribution in [1.82, 2.24) is 9.78 Å². The Morgan fingerprint density at radius 1 is 1.50 bits per heavy atom. The molecule has 1 atom stereocenters. The smallest absolute Gasteiger partial charge is 0.155 e. The maximum atomic E-state index is 11.2. The van der Waals surface area contributed by atoms with Crippen LogP contribution >= 0.6 is 0 Å². The number of aldehydes is 1. The highest BCUT2D eigenvalue weighted by molar-refractivity contribution is 5.84. The minimum Gasteiger partial charge on any atom is -0.377 e. The third-order valence-corrected chi connectivity index (χ3v) is 3.81. The first-order valence-corrected chi connectivity index (χ1v) is 6.29. The molecule has 1 aliphatic heterocycles. The van der Waals surface area contributed by atoms with Crippen LogP contribution in [-0.4, -0.2) is 41.9 Å². The van der Waals surface area contributed by atoms with Gasteiger partial charge < -0.3 is 9.64 Å². The van der Waals surface area contributed by atoms with Gasteiger partial charge in [-0.3, -0.25) is 9.48 Å². The first-order chi connectivity index (χ1) is 8.50. The number of nitrogens with zero attached hydrogens (tertiary/aromatic N) is 3. The molecule has 5 heteroatoms. The third-order valence-electron chi connectivity index (χ3n) is 3.81. The summed E-state index contributed by atoms with van der Waals surface area (Å²) in [6.45, 7) is 5.72. The lowest BCUT2D eigenvalue weighted by Gasteiger charge is -2.40. The van der Waals surface area contributed by atoms with E-state index in [1.807, 2.05) is 14.0 Å². The van der Waals surface area contributed by atoms with Gasteiger partial charge in [-0.25, -0.2) is 0 Å². The Hall–Kier alpha value is -1.36. The topological polar surface area (TPSA) is 47.4 Å². The molecular weight excluding hydrogens is 230 g/mol. The van der Waals surface area contributed by atoms with Crippen LogP contribution in [0.25, 0.3) is 0 Å². The third kappa shape index (κ3) is 2.14. The van der Waals surface area contributed by atoms with Crippen molar-refractivity contribution in [3.8, 4) is 0 Å². The molecule has 18 heavy (non-hydrogen) atoms. The molecule has 1 aromatic heterocycles. The van der Waals surface area contributed by atoms with E-state index in [-0.39, 0.29) is 5.60 Å². The molecule has 100 valence electrons. The Morgan fingerprint density at radius 2 is 2.22 bits per heavy atom. The second-order valence-electron chi connectivity index (χ2n) is 5.24. The SMILES string of the molecule is COC1(C)CCCN(c2c(C=O)c(C)nn2C)C1. The Balaban J connectivity index is 2.34. The van der Waals surface area contributed by atoms with Crippen LogP contribution in [0.1, 0.15) is 35.8 Å². The molecule has 1 aliphatic rings. The number of anilines is 1. The molecule has 0 bridgehead atoms. The molecule has 0 aliphatic carbocycles. The van der Waals surface area contributed by atoms with Crippen molar-refractivity contribution < 1.29 is 9.53 Å². The first kappa shape index (κ1) is 13.1. The number of carbonyl (C=O) groups is 1. The van der Waals surface area contributed by atoms with Crippen LogP contribution in [0.2, 0.25) is 0 Å². The summed E-state index contributed by atoms with van der Waals surface area (Å²) in [5, 5.41) is 4.33. The van der Waals surface area contributed by atoms with Gasteiger partial charge in [-0.2, -0.15) is 5.10 Å². The van der Waals surface area contributed by atoms with Crippen LogP contribution in [-0.2, 0) is 11.8 Å². The molecule has 0 aromatic carbocycles. The van der Waals surface area contributed by atoms with Gasteiger partial charge in [0.15, 0.2) is 6.29 Å². The van der Waals surface area contributed by atoms with Crippen molar-refractivity contribution in [2.24, 2.45) is 7.05 Å². The highest BCUT2D eigenvalue weighted by Gasteiger charge is 2.33. The van der Waals surface area contributed by atoms with Crippen molar-refractivity contribution in [2.75, 3.05) is 25.1 Å². The van der Waals surface area contributed by atoms with Gasteiger partial charge in [0, 0.05) is 27.2 Å². The lowest BCUT2D eigenvalue weighted by Crippen LogP contribution is -2.48. The van der Waals surface area contributed by atoms with Gasteiger partial charge in [-0.1, -0.05) is 0 Å². The number of hydrogen-bond donors (Lipinski definition) is 0. The van der Waals surface area contributed by atoms with E-state index in [2.05, 4.69) is 16.9 Å². The van der Waals surface area contributed by atoms with Crippen molar-refractivity contribution in [3.63, 3.8) is 0 Å². The highest BCUT2D eigenvalue weighted by atomic mass is 16.5. The number of rotatable bonds is 3. The molecule has 1 aromatic rings. The van der Waals surface area contributed by atoms with Gasteiger partial charge in [0.25, 0.3) is 0 Å². The molecule has 5 nitrogen and oxygen atoms in total. The van der Waals surface area contributed by atoms with Gasteiger partial charge in [-0.15, -0.1) is 0 Å². The van der Waals surface area contributed by atoms with Gasteiger partial charge >= 0.3 is 0 Å². The fourth-order valence-electron chi connectivity index (χ4n) is 2.73. The Labute approximate surface area is 108 Å². The molecule has 1 unspecified atom stereocenters. The van der Waals surface area contributed by atoms with E-state index in [1.54, 1.807) is 11.8 Å². The maximum absolute atomic E-state index is 11.2. The van der Waals surface area contributed by atoms with Crippen LogP contribution in [0.15, 0.2) is 0 Å². The van der Waals surface area contributed by atoms with Crippen LogP contribution in [0.3, 0.4) is 0 Å². The van der Waals surface area contributed by atoms with Crippen LogP contribution in [0.5, 0.6) is 0 Å². The highest BCUT2D eigenvalue weighted by Crippen LogP contribution is 2.30. The molecule has 1 fully saturated rings. The Bertz CT molecular complexity index is 455. The van der Waals surface area contributed by atoms with Crippen molar-refractivity contribution in [2.45, 2.75) is 32.3 Å². The summed E-state index contributed by atoms with van der Waals surface area (Å²) in [6, 6.07) is 0. The second-order valence-corrected chi connectivity index (χ2v) is 5.24. The Morgan fingerprint density at radius 3 is 2.83 bits per heavy atom. The number of aromatic nitrogens is 2. The van der Waals surface area contributed by atoms with E-state index in [0.29, 0.717) is 5.56 Å². The summed E-state index contributed by atoms with van der Waals surface area (Å²) in [6.07, 6.45) is 3.01. The summed E-state index contributed by atoms with van der Waals surface area (Å²) in [4.78, 5) is 13.4. The molecule has 2 heterocycles. The zero-order valence-corrected chi connectivity index (χ0v) is 11.6. The van der Waals surface area contributed by atoms with Crippen molar-refractivity contribution >= 4 is 12.1 Å². The van der Waals surface area contributed by atoms with Crippen molar-refractivity contribution in [3.05, 3.63) is 11.3 Å². The van der Waals surface area contributed by atoms with Crippen molar-refractivity contribution in [1.29, 1.82) is 0 Å². The fraction of sp³-hybridized carbons (Fsp3) is 0.692. The fourth-order valence-corrected chi connectivity index (χ4v) is 2.73. The molecule has 0 radical (unpaired) electrons. The van der Waals surface area contributed by atoms with Gasteiger partial charge in [0.2, 0.25) is 0 Å². The number of ether oxygens (including phenoxy) is 1. The molecular formula is C13H21N3O2. The van der Waals surface area contributed by atoms with E-state index in [4.69, 9.17) is 4.74 Å². The van der Waals surface area contributed by atoms with E-state index in [9.17, 15) is 4.79 Å². The summed E-state index contributed by atoms with van der Waals surface area (Å²) < 4.78 is 7.38. The maximum Gasteiger partial charge on any atom is 0.155 e. The van der Waals surface area contributed by atoms with Gasteiger partial charge in [0.05, 0.1) is 16.9 Å². The van der Waals surface area contributed by atoms with Crippen LogP contribution in [0, 0.1) is 6.92 Å². The standard InChI is InChI=1S/C13H21N3O2/c1-10-11(8-17)12(15(3)14-10)16-7-5-6-13(2,9-16)18-4/h8H,5-7,9H2,1-4H3. The number of methoxy groups -OCH3 is 1. The van der Waals surface area contributed by atoms with Gasteiger partial charge in [0.1, 0.15) is 5.82 Å². The zero-order valence-electron chi connectivity index (χ0n) is 11.6. The lowest BCUT2D eigenvalue weighted by molar-refractivity contribution is -0.00496. The average molecular weight is 251 g/mol. The summed E-state index contributed by atoms with van der Waals surface area (Å²) in [7, 11) is 3.63. The minimum atomic E-state index is -0.142. The zero-order chi connectivity index (χ0) is 13.3. The Kier molecular flexibility index (Phi) is 3.43. The predicted octanol–water partition coefficient (Wildman–Crippen LogP) is 1.55. The number of carbonyl (C=O) groups excluding carboxylic acids is 1. The van der Waals surface area contributed by atoms with Crippen LogP contribution in [0.4, 0.5) is 5.82 Å². The van der Waals surface area contributed by atoms with E-state index >= 15 is 0 Å².